The number of ether oxygens (including phenoxy) is 1. The average molecular weight is 436 g/mol. The number of nitrogens with zero attached hydrogens (tertiary/aromatic N) is 4. The predicted octanol–water partition coefficient (Wildman–Crippen LogP) is 5.15. The average Bonchev–Trinajstić information content (AvgIpc) is 2.78. The molecule has 0 aliphatic heterocycles. The van der Waals surface area contributed by atoms with Crippen LogP contribution in [0.4, 0.5) is 30.4 Å². The summed E-state index contributed by atoms with van der Waals surface area (Å²) in [6.07, 6.45) is 1.54. The minimum absolute atomic E-state index is 0.226. The van der Waals surface area contributed by atoms with Crippen LogP contribution in [0.15, 0.2) is 67.3 Å². The highest BCUT2D eigenvalue weighted by Gasteiger charge is 2.31. The number of nitriles is 1. The molecule has 0 saturated carbocycles. The number of alkyl halides is 3. The van der Waals surface area contributed by atoms with Crippen molar-refractivity contribution in [3.05, 3.63) is 78.4 Å². The molecular formula is C22H15F3N6O. The maximum absolute atomic E-state index is 12.6. The first-order valence-corrected chi connectivity index (χ1v) is 9.36. The standard InChI is InChI=1S/C22H15F3N6O/c23-22(24,25)32-17-5-1-4-16(7-17)31-21-15(9-26)12-28-19-13-30-20(8-18(19)21)29-11-14-3-2-6-27-10-14/h1-8,10,12-13H,11H2,(H,28,31)(H,29,30). The maximum atomic E-state index is 12.6. The van der Waals surface area contributed by atoms with E-state index in [1.54, 1.807) is 30.7 Å². The van der Waals surface area contributed by atoms with Crippen molar-refractivity contribution in [3.63, 3.8) is 0 Å². The van der Waals surface area contributed by atoms with Gasteiger partial charge in [0.05, 0.1) is 23.0 Å². The molecule has 0 radical (unpaired) electrons. The SMILES string of the molecule is N#Cc1cnc2cnc(NCc3cccnc3)cc2c1Nc1cccc(OC(F)(F)F)c1. The van der Waals surface area contributed by atoms with Crippen LogP contribution in [0.25, 0.3) is 10.9 Å². The monoisotopic (exact) mass is 436 g/mol. The van der Waals surface area contributed by atoms with Gasteiger partial charge in [0.25, 0.3) is 0 Å². The van der Waals surface area contributed by atoms with E-state index in [1.165, 1.54) is 24.4 Å². The molecule has 32 heavy (non-hydrogen) atoms. The highest BCUT2D eigenvalue weighted by molar-refractivity contribution is 5.96. The summed E-state index contributed by atoms with van der Waals surface area (Å²) in [7, 11) is 0. The summed E-state index contributed by atoms with van der Waals surface area (Å²) in [6, 6.07) is 12.9. The summed E-state index contributed by atoms with van der Waals surface area (Å²) in [4.78, 5) is 12.6. The fourth-order valence-corrected chi connectivity index (χ4v) is 3.02. The van der Waals surface area contributed by atoms with E-state index in [1.807, 2.05) is 12.1 Å². The predicted molar refractivity (Wildman–Crippen MR) is 112 cm³/mol. The van der Waals surface area contributed by atoms with E-state index in [0.29, 0.717) is 34.6 Å². The number of nitrogens with one attached hydrogen (secondary N) is 2. The van der Waals surface area contributed by atoms with E-state index >= 15 is 0 Å². The number of pyridine rings is 3. The summed E-state index contributed by atoms with van der Waals surface area (Å²) >= 11 is 0. The molecular weight excluding hydrogens is 421 g/mol. The minimum atomic E-state index is -4.81. The Morgan fingerprint density at radius 1 is 1.03 bits per heavy atom. The zero-order chi connectivity index (χ0) is 22.6. The van der Waals surface area contributed by atoms with Crippen LogP contribution in [0.1, 0.15) is 11.1 Å². The molecule has 0 spiro atoms. The Morgan fingerprint density at radius 3 is 2.66 bits per heavy atom. The molecule has 2 N–H and O–H groups in total. The molecule has 0 saturated heterocycles. The highest BCUT2D eigenvalue weighted by Crippen LogP contribution is 2.32. The van der Waals surface area contributed by atoms with Crippen molar-refractivity contribution in [3.8, 4) is 11.8 Å². The molecule has 3 aromatic heterocycles. The molecule has 4 aromatic rings. The van der Waals surface area contributed by atoms with E-state index in [2.05, 4.69) is 36.4 Å². The second-order valence-corrected chi connectivity index (χ2v) is 6.66. The number of hydrogen-bond donors (Lipinski definition) is 2. The highest BCUT2D eigenvalue weighted by atomic mass is 19.4. The molecule has 0 amide bonds. The van der Waals surface area contributed by atoms with Gasteiger partial charge in [0.2, 0.25) is 0 Å². The first-order chi connectivity index (χ1) is 15.4. The van der Waals surface area contributed by atoms with Crippen molar-refractivity contribution in [1.82, 2.24) is 15.0 Å². The second-order valence-electron chi connectivity index (χ2n) is 6.66. The van der Waals surface area contributed by atoms with Gasteiger partial charge in [-0.1, -0.05) is 12.1 Å². The molecule has 4 rings (SSSR count). The Bertz CT molecular complexity index is 1290. The quantitative estimate of drug-likeness (QED) is 0.431. The van der Waals surface area contributed by atoms with E-state index in [-0.39, 0.29) is 11.3 Å². The number of anilines is 3. The molecule has 160 valence electrons. The van der Waals surface area contributed by atoms with Gasteiger partial charge in [-0.2, -0.15) is 5.26 Å². The van der Waals surface area contributed by atoms with Crippen LogP contribution in [0, 0.1) is 11.3 Å². The lowest BCUT2D eigenvalue weighted by Gasteiger charge is -2.14. The lowest BCUT2D eigenvalue weighted by molar-refractivity contribution is -0.274. The van der Waals surface area contributed by atoms with Gasteiger partial charge < -0.3 is 15.4 Å². The van der Waals surface area contributed by atoms with Crippen molar-refractivity contribution in [2.45, 2.75) is 12.9 Å². The number of fused-ring (bicyclic) bond motifs is 1. The summed E-state index contributed by atoms with van der Waals surface area (Å²) in [5.41, 5.74) is 2.41. The van der Waals surface area contributed by atoms with Gasteiger partial charge in [-0.05, 0) is 29.8 Å². The summed E-state index contributed by atoms with van der Waals surface area (Å²) in [5.74, 6) is 0.162. The zero-order valence-corrected chi connectivity index (χ0v) is 16.4. The first kappa shape index (κ1) is 20.9. The summed E-state index contributed by atoms with van der Waals surface area (Å²) < 4.78 is 41.6. The van der Waals surface area contributed by atoms with Gasteiger partial charge in [0, 0.05) is 42.3 Å². The van der Waals surface area contributed by atoms with Crippen LogP contribution in [0.2, 0.25) is 0 Å². The van der Waals surface area contributed by atoms with Gasteiger partial charge >= 0.3 is 6.36 Å². The van der Waals surface area contributed by atoms with Gasteiger partial charge in [0.1, 0.15) is 17.6 Å². The van der Waals surface area contributed by atoms with Crippen LogP contribution < -0.4 is 15.4 Å². The summed E-state index contributed by atoms with van der Waals surface area (Å²) in [5, 5.41) is 16.3. The molecule has 0 fully saturated rings. The van der Waals surface area contributed by atoms with E-state index in [9.17, 15) is 18.4 Å². The first-order valence-electron chi connectivity index (χ1n) is 9.36. The van der Waals surface area contributed by atoms with Crippen molar-refractivity contribution in [1.29, 1.82) is 5.26 Å². The molecule has 0 unspecified atom stereocenters. The second kappa shape index (κ2) is 8.77. The van der Waals surface area contributed by atoms with E-state index in [0.717, 1.165) is 5.56 Å². The van der Waals surface area contributed by atoms with Gasteiger partial charge in [0.15, 0.2) is 0 Å². The van der Waals surface area contributed by atoms with Gasteiger partial charge in [-0.25, -0.2) is 4.98 Å². The lowest BCUT2D eigenvalue weighted by atomic mass is 10.1. The smallest absolute Gasteiger partial charge is 0.406 e. The lowest BCUT2D eigenvalue weighted by Crippen LogP contribution is -2.17. The number of aromatic nitrogens is 3. The molecule has 0 aliphatic carbocycles. The minimum Gasteiger partial charge on any atom is -0.406 e. The molecule has 7 nitrogen and oxygen atoms in total. The molecule has 0 atom stereocenters. The summed E-state index contributed by atoms with van der Waals surface area (Å²) in [6.45, 7) is 0.483. The Kier molecular flexibility index (Phi) is 5.72. The third-order valence-corrected chi connectivity index (χ3v) is 4.41. The van der Waals surface area contributed by atoms with Crippen molar-refractivity contribution >= 4 is 28.1 Å². The van der Waals surface area contributed by atoms with E-state index < -0.39 is 6.36 Å². The van der Waals surface area contributed by atoms with Crippen molar-refractivity contribution in [2.24, 2.45) is 0 Å². The fourth-order valence-electron chi connectivity index (χ4n) is 3.02. The zero-order valence-electron chi connectivity index (χ0n) is 16.4. The fraction of sp³-hybridized carbons (Fsp3) is 0.0909. The number of halogens is 3. The van der Waals surface area contributed by atoms with Crippen LogP contribution >= 0.6 is 0 Å². The molecule has 3 heterocycles. The Morgan fingerprint density at radius 2 is 1.91 bits per heavy atom. The number of rotatable bonds is 6. The van der Waals surface area contributed by atoms with Gasteiger partial charge in [-0.15, -0.1) is 13.2 Å². The van der Waals surface area contributed by atoms with Crippen molar-refractivity contribution in [2.75, 3.05) is 10.6 Å². The number of benzene rings is 1. The van der Waals surface area contributed by atoms with E-state index in [4.69, 9.17) is 0 Å². The third kappa shape index (κ3) is 5.02. The number of hydrogen-bond acceptors (Lipinski definition) is 7. The van der Waals surface area contributed by atoms with Crippen molar-refractivity contribution < 1.29 is 17.9 Å². The Balaban J connectivity index is 1.66. The molecule has 10 heteroatoms. The normalized spacial score (nSPS) is 11.1. The topological polar surface area (TPSA) is 95.8 Å². The Labute approximate surface area is 180 Å². The van der Waals surface area contributed by atoms with Crippen LogP contribution in [-0.4, -0.2) is 21.3 Å². The molecule has 0 bridgehead atoms. The molecule has 1 aromatic carbocycles. The van der Waals surface area contributed by atoms with Crippen LogP contribution in [0.5, 0.6) is 5.75 Å². The molecule has 0 aliphatic rings. The van der Waals surface area contributed by atoms with Gasteiger partial charge in [-0.3, -0.25) is 9.97 Å². The maximum Gasteiger partial charge on any atom is 0.573 e. The Hall–Kier alpha value is -4.39. The largest absolute Gasteiger partial charge is 0.573 e. The third-order valence-electron chi connectivity index (χ3n) is 4.41. The van der Waals surface area contributed by atoms with Crippen LogP contribution in [-0.2, 0) is 6.54 Å². The van der Waals surface area contributed by atoms with Crippen LogP contribution in [0.3, 0.4) is 0 Å².